The maximum Gasteiger partial charge on any atom is 0.325 e. The molecule has 1 fully saturated rings. The van der Waals surface area contributed by atoms with Crippen molar-refractivity contribution in [3.8, 4) is 17.6 Å². The largest absolute Gasteiger partial charge is 0.493 e. The van der Waals surface area contributed by atoms with E-state index in [-0.39, 0.29) is 11.9 Å². The molecule has 2 aliphatic heterocycles. The normalized spacial score (nSPS) is 16.7. The number of nitrogens with one attached hydrogen (secondary N) is 1. The van der Waals surface area contributed by atoms with Crippen molar-refractivity contribution in [1.82, 2.24) is 25.2 Å². The second-order valence-corrected chi connectivity index (χ2v) is 6.09. The number of fused-ring (bicyclic) bond motifs is 1. The Morgan fingerprint density at radius 2 is 2.08 bits per heavy atom. The quantitative estimate of drug-likeness (QED) is 0.754. The molecule has 8 nitrogen and oxygen atoms in total. The van der Waals surface area contributed by atoms with Gasteiger partial charge < -0.3 is 25.0 Å². The number of aromatic nitrogens is 3. The predicted molar refractivity (Wildman–Crippen MR) is 93.9 cm³/mol. The van der Waals surface area contributed by atoms with Crippen LogP contribution in [-0.4, -0.2) is 64.7 Å². The van der Waals surface area contributed by atoms with Crippen molar-refractivity contribution in [2.75, 3.05) is 44.7 Å². The first-order valence-electron chi connectivity index (χ1n) is 8.28. The van der Waals surface area contributed by atoms with Crippen LogP contribution in [0.15, 0.2) is 18.3 Å². The molecule has 0 amide bonds. The van der Waals surface area contributed by atoms with Gasteiger partial charge in [0.25, 0.3) is 0 Å². The van der Waals surface area contributed by atoms with Crippen LogP contribution < -0.4 is 25.5 Å². The number of anilines is 1. The van der Waals surface area contributed by atoms with Crippen LogP contribution in [0, 0.1) is 0 Å². The number of hydrogen-bond acceptors (Lipinski definition) is 8. The van der Waals surface area contributed by atoms with E-state index in [2.05, 4.69) is 25.2 Å². The Labute approximate surface area is 145 Å². The van der Waals surface area contributed by atoms with E-state index in [1.54, 1.807) is 12.3 Å². The van der Waals surface area contributed by atoms with E-state index in [0.717, 1.165) is 32.0 Å². The number of piperazine rings is 1. The molecule has 130 valence electrons. The van der Waals surface area contributed by atoms with E-state index in [9.17, 15) is 5.11 Å². The van der Waals surface area contributed by atoms with Crippen LogP contribution in [-0.2, 0) is 0 Å². The van der Waals surface area contributed by atoms with Gasteiger partial charge in [0, 0.05) is 58.2 Å². The summed E-state index contributed by atoms with van der Waals surface area (Å²) in [6.45, 7) is 4.40. The molecule has 0 aromatic carbocycles. The van der Waals surface area contributed by atoms with E-state index in [0.29, 0.717) is 22.9 Å². The second-order valence-electron chi connectivity index (χ2n) is 6.09. The van der Waals surface area contributed by atoms with Gasteiger partial charge in [0.05, 0.1) is 10.6 Å². The first-order valence-corrected chi connectivity index (χ1v) is 8.28. The van der Waals surface area contributed by atoms with E-state index in [1.165, 1.54) is 0 Å². The van der Waals surface area contributed by atoms with Gasteiger partial charge in [-0.25, -0.2) is 4.98 Å². The molecule has 25 heavy (non-hydrogen) atoms. The SMILES string of the molecule is CN1C=c2nc(Oc3ccnc(N4CCNCC4)c3)nc(O)c2=CC1. The van der Waals surface area contributed by atoms with Crippen molar-refractivity contribution in [1.29, 1.82) is 0 Å². The fraction of sp³-hybridized carbons (Fsp3) is 0.353. The van der Waals surface area contributed by atoms with E-state index in [1.807, 2.05) is 30.3 Å². The first-order chi connectivity index (χ1) is 12.2. The van der Waals surface area contributed by atoms with Crippen molar-refractivity contribution < 1.29 is 9.84 Å². The summed E-state index contributed by atoms with van der Waals surface area (Å²) in [5.41, 5.74) is 0. The molecule has 0 unspecified atom stereocenters. The Hall–Kier alpha value is -2.87. The molecule has 2 aromatic rings. The highest BCUT2D eigenvalue weighted by Gasteiger charge is 2.14. The fourth-order valence-corrected chi connectivity index (χ4v) is 2.93. The van der Waals surface area contributed by atoms with Gasteiger partial charge in [-0.3, -0.25) is 0 Å². The van der Waals surface area contributed by atoms with Crippen LogP contribution in [0.4, 0.5) is 5.82 Å². The average molecular weight is 340 g/mol. The van der Waals surface area contributed by atoms with Crippen LogP contribution in [0.3, 0.4) is 0 Å². The maximum atomic E-state index is 10.1. The van der Waals surface area contributed by atoms with Crippen LogP contribution in [0.5, 0.6) is 17.6 Å². The minimum Gasteiger partial charge on any atom is -0.493 e. The lowest BCUT2D eigenvalue weighted by Crippen LogP contribution is -2.43. The zero-order valence-corrected chi connectivity index (χ0v) is 14.0. The summed E-state index contributed by atoms with van der Waals surface area (Å²) in [4.78, 5) is 17.0. The molecule has 0 atom stereocenters. The minimum atomic E-state index is -0.0688. The molecule has 2 N–H and O–H groups in total. The zero-order valence-electron chi connectivity index (χ0n) is 14.0. The number of ether oxygens (including phenoxy) is 1. The van der Waals surface area contributed by atoms with Crippen molar-refractivity contribution in [2.45, 2.75) is 0 Å². The van der Waals surface area contributed by atoms with Gasteiger partial charge in [-0.2, -0.15) is 9.97 Å². The molecule has 0 spiro atoms. The molecule has 0 bridgehead atoms. The van der Waals surface area contributed by atoms with Crippen LogP contribution in [0.1, 0.15) is 0 Å². The highest BCUT2D eigenvalue weighted by atomic mass is 16.5. The molecule has 0 aliphatic carbocycles. The first kappa shape index (κ1) is 15.6. The lowest BCUT2D eigenvalue weighted by atomic mass is 10.3. The van der Waals surface area contributed by atoms with Crippen LogP contribution in [0.2, 0.25) is 0 Å². The highest BCUT2D eigenvalue weighted by molar-refractivity contribution is 5.45. The summed E-state index contributed by atoms with van der Waals surface area (Å²) >= 11 is 0. The monoisotopic (exact) mass is 340 g/mol. The number of hydrogen-bond donors (Lipinski definition) is 2. The number of nitrogens with zero attached hydrogens (tertiary/aromatic N) is 5. The molecule has 4 heterocycles. The summed E-state index contributed by atoms with van der Waals surface area (Å²) < 4.78 is 5.78. The molecule has 4 rings (SSSR count). The van der Waals surface area contributed by atoms with Crippen molar-refractivity contribution >= 4 is 18.1 Å². The third kappa shape index (κ3) is 3.34. The topological polar surface area (TPSA) is 86.6 Å². The zero-order chi connectivity index (χ0) is 17.2. The lowest BCUT2D eigenvalue weighted by Gasteiger charge is -2.28. The highest BCUT2D eigenvalue weighted by Crippen LogP contribution is 2.22. The molecule has 0 saturated carbocycles. The van der Waals surface area contributed by atoms with Crippen molar-refractivity contribution in [3.63, 3.8) is 0 Å². The molecular formula is C17H20N6O2. The fourth-order valence-electron chi connectivity index (χ4n) is 2.93. The van der Waals surface area contributed by atoms with Crippen molar-refractivity contribution in [3.05, 3.63) is 28.9 Å². The van der Waals surface area contributed by atoms with Gasteiger partial charge in [-0.15, -0.1) is 0 Å². The molecular weight excluding hydrogens is 320 g/mol. The maximum absolute atomic E-state index is 10.1. The molecule has 2 aliphatic rings. The summed E-state index contributed by atoms with van der Waals surface area (Å²) in [6, 6.07) is 3.74. The van der Waals surface area contributed by atoms with Crippen molar-refractivity contribution in [2.24, 2.45) is 0 Å². The molecule has 1 saturated heterocycles. The van der Waals surface area contributed by atoms with Crippen LogP contribution >= 0.6 is 0 Å². The van der Waals surface area contributed by atoms with E-state index >= 15 is 0 Å². The Balaban J connectivity index is 1.62. The molecule has 0 radical (unpaired) electrons. The average Bonchev–Trinajstić information content (AvgIpc) is 2.62. The second kappa shape index (κ2) is 6.56. The molecule has 2 aromatic heterocycles. The predicted octanol–water partition coefficient (Wildman–Crippen LogP) is -0.757. The standard InChI is InChI=1S/C17H20N6O2/c1-22-7-3-13-14(11-22)20-17(21-16(13)24)25-12-2-4-19-15(10-12)23-8-5-18-6-9-23/h2-4,10-11,18H,5-9H2,1H3,(H,20,21,24). The number of rotatable bonds is 3. The van der Waals surface area contributed by atoms with Gasteiger partial charge >= 0.3 is 6.01 Å². The lowest BCUT2D eigenvalue weighted by molar-refractivity contribution is 0.398. The van der Waals surface area contributed by atoms with Gasteiger partial charge in [0.15, 0.2) is 0 Å². The van der Waals surface area contributed by atoms with Gasteiger partial charge in [-0.05, 0) is 6.07 Å². The summed E-state index contributed by atoms with van der Waals surface area (Å²) in [5.74, 6) is 1.39. The minimum absolute atomic E-state index is 0.0688. The Kier molecular flexibility index (Phi) is 4.10. The van der Waals surface area contributed by atoms with Gasteiger partial charge in [0.1, 0.15) is 11.6 Å². The number of pyridine rings is 1. The Morgan fingerprint density at radius 1 is 1.24 bits per heavy atom. The Morgan fingerprint density at radius 3 is 2.92 bits per heavy atom. The summed E-state index contributed by atoms with van der Waals surface area (Å²) in [7, 11) is 1.95. The van der Waals surface area contributed by atoms with Gasteiger partial charge in [-0.1, -0.05) is 6.08 Å². The number of aromatic hydroxyl groups is 1. The smallest absolute Gasteiger partial charge is 0.325 e. The van der Waals surface area contributed by atoms with Crippen LogP contribution in [0.25, 0.3) is 12.3 Å². The third-order valence-corrected chi connectivity index (χ3v) is 4.23. The Bertz CT molecular complexity index is 894. The summed E-state index contributed by atoms with van der Waals surface area (Å²) in [6.07, 6.45) is 5.46. The van der Waals surface area contributed by atoms with E-state index in [4.69, 9.17) is 4.74 Å². The van der Waals surface area contributed by atoms with Gasteiger partial charge in [0.2, 0.25) is 5.88 Å². The van der Waals surface area contributed by atoms with E-state index < -0.39 is 0 Å². The molecule has 8 heteroatoms. The third-order valence-electron chi connectivity index (χ3n) is 4.23. The summed E-state index contributed by atoms with van der Waals surface area (Å²) in [5, 5.41) is 14.7.